The zero-order valence-corrected chi connectivity index (χ0v) is 6.90. The predicted octanol–water partition coefficient (Wildman–Crippen LogP) is 3.35. The zero-order chi connectivity index (χ0) is 7.40. The summed E-state index contributed by atoms with van der Waals surface area (Å²) in [5, 5.41) is 0. The van der Waals surface area contributed by atoms with E-state index < -0.39 is 0 Å². The lowest BCUT2D eigenvalue weighted by Crippen LogP contribution is -2.01. The molecular formula is C10H17. The maximum Gasteiger partial charge on any atom is -0.0232 e. The van der Waals surface area contributed by atoms with Gasteiger partial charge in [0.1, 0.15) is 0 Å². The molecule has 1 aliphatic rings. The van der Waals surface area contributed by atoms with Crippen LogP contribution in [0.25, 0.3) is 0 Å². The average molecular weight is 137 g/mol. The van der Waals surface area contributed by atoms with Gasteiger partial charge in [0.15, 0.2) is 0 Å². The Morgan fingerprint density at radius 3 is 2.90 bits per heavy atom. The van der Waals surface area contributed by atoms with Gasteiger partial charge in [0.05, 0.1) is 0 Å². The molecule has 0 saturated carbocycles. The molecule has 0 nitrogen and oxygen atoms in total. The fourth-order valence-corrected chi connectivity index (χ4v) is 1.50. The second kappa shape index (κ2) is 3.80. The summed E-state index contributed by atoms with van der Waals surface area (Å²) >= 11 is 0. The quantitative estimate of drug-likeness (QED) is 0.512. The van der Waals surface area contributed by atoms with Gasteiger partial charge in [-0.1, -0.05) is 25.5 Å². The van der Waals surface area contributed by atoms with Crippen LogP contribution in [0.5, 0.6) is 0 Å². The summed E-state index contributed by atoms with van der Waals surface area (Å²) in [6, 6.07) is 0. The van der Waals surface area contributed by atoms with Gasteiger partial charge in [-0.15, -0.1) is 0 Å². The van der Waals surface area contributed by atoms with Crippen molar-refractivity contribution in [2.45, 2.75) is 39.0 Å². The van der Waals surface area contributed by atoms with Gasteiger partial charge in [0.2, 0.25) is 0 Å². The van der Waals surface area contributed by atoms with Crippen LogP contribution in [0.3, 0.4) is 0 Å². The third kappa shape index (κ3) is 1.86. The van der Waals surface area contributed by atoms with Crippen molar-refractivity contribution in [3.63, 3.8) is 0 Å². The largest absolute Gasteiger partial charge is 0.0851 e. The van der Waals surface area contributed by atoms with Crippen molar-refractivity contribution in [2.75, 3.05) is 0 Å². The van der Waals surface area contributed by atoms with Gasteiger partial charge >= 0.3 is 0 Å². The Hall–Kier alpha value is -0.260. The summed E-state index contributed by atoms with van der Waals surface area (Å²) in [5.74, 6) is 0.736. The third-order valence-corrected chi connectivity index (χ3v) is 2.39. The van der Waals surface area contributed by atoms with E-state index in [4.69, 9.17) is 0 Å². The van der Waals surface area contributed by atoms with Crippen LogP contribution < -0.4 is 0 Å². The lowest BCUT2D eigenvalue weighted by molar-refractivity contribution is 0.591. The van der Waals surface area contributed by atoms with Crippen LogP contribution in [0, 0.1) is 12.8 Å². The molecule has 0 N–H and O–H groups in total. The van der Waals surface area contributed by atoms with E-state index >= 15 is 0 Å². The van der Waals surface area contributed by atoms with E-state index in [1.54, 1.807) is 5.57 Å². The first-order chi connectivity index (χ1) is 4.84. The number of hydrogen-bond donors (Lipinski definition) is 0. The van der Waals surface area contributed by atoms with Gasteiger partial charge in [-0.2, -0.15) is 0 Å². The smallest absolute Gasteiger partial charge is 0.0232 e. The van der Waals surface area contributed by atoms with Gasteiger partial charge in [-0.25, -0.2) is 0 Å². The summed E-state index contributed by atoms with van der Waals surface area (Å²) in [7, 11) is 0. The predicted molar refractivity (Wildman–Crippen MR) is 45.7 cm³/mol. The molecule has 0 amide bonds. The Morgan fingerprint density at radius 1 is 1.60 bits per heavy atom. The van der Waals surface area contributed by atoms with Crippen LogP contribution in [0.4, 0.5) is 0 Å². The maximum absolute atomic E-state index is 3.92. The van der Waals surface area contributed by atoms with E-state index in [-0.39, 0.29) is 0 Å². The monoisotopic (exact) mass is 137 g/mol. The molecule has 0 aromatic heterocycles. The van der Waals surface area contributed by atoms with E-state index in [1.165, 1.54) is 25.7 Å². The molecule has 0 heterocycles. The Labute approximate surface area is 64.3 Å². The van der Waals surface area contributed by atoms with Crippen LogP contribution >= 0.6 is 0 Å². The third-order valence-electron chi connectivity index (χ3n) is 2.39. The van der Waals surface area contributed by atoms with Gasteiger partial charge < -0.3 is 0 Å². The van der Waals surface area contributed by atoms with Crippen molar-refractivity contribution < 1.29 is 0 Å². The van der Waals surface area contributed by atoms with E-state index in [2.05, 4.69) is 19.9 Å². The summed E-state index contributed by atoms with van der Waals surface area (Å²) in [6.07, 6.45) is 8.91. The van der Waals surface area contributed by atoms with Crippen molar-refractivity contribution in [1.82, 2.24) is 0 Å². The van der Waals surface area contributed by atoms with Crippen molar-refractivity contribution in [3.8, 4) is 0 Å². The molecule has 0 bridgehead atoms. The molecular weight excluding hydrogens is 120 g/mol. The lowest BCUT2D eigenvalue weighted by Gasteiger charge is -2.17. The minimum atomic E-state index is 0.736. The van der Waals surface area contributed by atoms with Gasteiger partial charge in [-0.3, -0.25) is 0 Å². The SMILES string of the molecule is [CH2]CC(C)C1=CCCCC1. The fraction of sp³-hybridized carbons (Fsp3) is 0.700. The van der Waals surface area contributed by atoms with Crippen LogP contribution in [0.2, 0.25) is 0 Å². The molecule has 0 saturated heterocycles. The minimum absolute atomic E-state index is 0.736. The van der Waals surface area contributed by atoms with Crippen LogP contribution in [-0.2, 0) is 0 Å². The molecule has 1 rings (SSSR count). The van der Waals surface area contributed by atoms with Gasteiger partial charge in [0, 0.05) is 0 Å². The lowest BCUT2D eigenvalue weighted by atomic mass is 9.89. The Bertz CT molecular complexity index is 122. The number of hydrogen-bond acceptors (Lipinski definition) is 0. The highest BCUT2D eigenvalue weighted by Gasteiger charge is 2.08. The highest BCUT2D eigenvalue weighted by molar-refractivity contribution is 5.08. The first-order valence-electron chi connectivity index (χ1n) is 4.32. The molecule has 0 aromatic rings. The molecule has 1 atom stereocenters. The molecule has 0 aliphatic heterocycles. The van der Waals surface area contributed by atoms with Crippen LogP contribution in [0.15, 0.2) is 11.6 Å². The fourth-order valence-electron chi connectivity index (χ4n) is 1.50. The van der Waals surface area contributed by atoms with Crippen molar-refractivity contribution in [2.24, 2.45) is 5.92 Å². The van der Waals surface area contributed by atoms with E-state index in [9.17, 15) is 0 Å². The Morgan fingerprint density at radius 2 is 2.40 bits per heavy atom. The molecule has 0 spiro atoms. The molecule has 57 valence electrons. The molecule has 1 unspecified atom stereocenters. The van der Waals surface area contributed by atoms with Crippen molar-refractivity contribution >= 4 is 0 Å². The molecule has 1 aliphatic carbocycles. The van der Waals surface area contributed by atoms with Crippen molar-refractivity contribution in [3.05, 3.63) is 18.6 Å². The number of rotatable bonds is 2. The first-order valence-corrected chi connectivity index (χ1v) is 4.32. The minimum Gasteiger partial charge on any atom is -0.0851 e. The zero-order valence-electron chi connectivity index (χ0n) is 6.90. The summed E-state index contributed by atoms with van der Waals surface area (Å²) in [4.78, 5) is 0. The molecule has 0 heteroatoms. The second-order valence-corrected chi connectivity index (χ2v) is 3.21. The average Bonchev–Trinajstić information content (AvgIpc) is 2.05. The molecule has 0 fully saturated rings. The van der Waals surface area contributed by atoms with E-state index in [1.807, 2.05) is 0 Å². The normalized spacial score (nSPS) is 22.0. The van der Waals surface area contributed by atoms with Gasteiger partial charge in [-0.05, 0) is 38.0 Å². The summed E-state index contributed by atoms with van der Waals surface area (Å²) < 4.78 is 0. The van der Waals surface area contributed by atoms with Crippen molar-refractivity contribution in [1.29, 1.82) is 0 Å². The standard InChI is InChI=1S/C10H17/c1-3-9(2)10-7-5-4-6-8-10/h7,9H,1,3-6,8H2,2H3. The maximum atomic E-state index is 3.92. The van der Waals surface area contributed by atoms with Gasteiger partial charge in [0.25, 0.3) is 0 Å². The Kier molecular flexibility index (Phi) is 2.98. The summed E-state index contributed by atoms with van der Waals surface area (Å²) in [5.41, 5.74) is 1.65. The van der Waals surface area contributed by atoms with E-state index in [0.29, 0.717) is 0 Å². The summed E-state index contributed by atoms with van der Waals surface area (Å²) in [6.45, 7) is 6.20. The Balaban J connectivity index is 2.44. The number of allylic oxidation sites excluding steroid dienone is 2. The molecule has 10 heavy (non-hydrogen) atoms. The highest BCUT2D eigenvalue weighted by Crippen LogP contribution is 2.25. The van der Waals surface area contributed by atoms with E-state index in [0.717, 1.165) is 12.3 Å². The first kappa shape index (κ1) is 7.84. The molecule has 1 radical (unpaired) electrons. The highest BCUT2D eigenvalue weighted by atomic mass is 14.1. The topological polar surface area (TPSA) is 0 Å². The van der Waals surface area contributed by atoms with Crippen LogP contribution in [0.1, 0.15) is 39.0 Å². The van der Waals surface area contributed by atoms with Crippen LogP contribution in [-0.4, -0.2) is 0 Å². The second-order valence-electron chi connectivity index (χ2n) is 3.21. The molecule has 0 aromatic carbocycles.